The van der Waals surface area contributed by atoms with Crippen LogP contribution >= 0.6 is 11.8 Å². The zero-order chi connectivity index (χ0) is 20.1. The van der Waals surface area contributed by atoms with Crippen molar-refractivity contribution >= 4 is 33.4 Å². The lowest BCUT2D eigenvalue weighted by Crippen LogP contribution is -2.44. The molecule has 2 aromatic rings. The van der Waals surface area contributed by atoms with Crippen LogP contribution < -0.4 is 5.32 Å². The Morgan fingerprint density at radius 1 is 1.32 bits per heavy atom. The molecule has 152 valence electrons. The summed E-state index contributed by atoms with van der Waals surface area (Å²) in [5.41, 5.74) is 0.711. The van der Waals surface area contributed by atoms with Gasteiger partial charge in [0.05, 0.1) is 11.7 Å². The Balaban J connectivity index is 1.59. The second kappa shape index (κ2) is 9.11. The predicted molar refractivity (Wildman–Crippen MR) is 111 cm³/mol. The van der Waals surface area contributed by atoms with Gasteiger partial charge in [-0.15, -0.1) is 0 Å². The zero-order valence-electron chi connectivity index (χ0n) is 16.2. The van der Waals surface area contributed by atoms with Gasteiger partial charge in [-0.05, 0) is 43.5 Å². The van der Waals surface area contributed by atoms with E-state index in [0.29, 0.717) is 31.5 Å². The second-order valence-corrected chi connectivity index (χ2v) is 10.1. The SMILES string of the molecule is CCCS(=O)(=O)N1CCCC(C(=O)Nc2ccc(Sc3nccn3C)cc2)C1. The average molecular weight is 423 g/mol. The molecule has 0 spiro atoms. The number of aromatic nitrogens is 2. The van der Waals surface area contributed by atoms with Crippen molar-refractivity contribution in [3.05, 3.63) is 36.7 Å². The van der Waals surface area contributed by atoms with E-state index in [-0.39, 0.29) is 24.1 Å². The highest BCUT2D eigenvalue weighted by molar-refractivity contribution is 7.99. The summed E-state index contributed by atoms with van der Waals surface area (Å²) in [6, 6.07) is 7.59. The Labute approximate surface area is 170 Å². The predicted octanol–water partition coefficient (Wildman–Crippen LogP) is 2.96. The van der Waals surface area contributed by atoms with Crippen LogP contribution in [0.15, 0.2) is 46.7 Å². The summed E-state index contributed by atoms with van der Waals surface area (Å²) >= 11 is 1.55. The van der Waals surface area contributed by atoms with E-state index in [2.05, 4.69) is 10.3 Å². The van der Waals surface area contributed by atoms with E-state index < -0.39 is 10.0 Å². The minimum atomic E-state index is -3.26. The van der Waals surface area contributed by atoms with Crippen LogP contribution in [0.1, 0.15) is 26.2 Å². The normalized spacial score (nSPS) is 18.1. The van der Waals surface area contributed by atoms with E-state index in [9.17, 15) is 13.2 Å². The standard InChI is InChI=1S/C19H26N4O3S2/c1-3-13-28(25,26)23-11-4-5-15(14-23)18(24)21-16-6-8-17(9-7-16)27-19-20-10-12-22(19)2/h6-10,12,15H,3-5,11,13-14H2,1-2H3,(H,21,24). The number of carbonyl (C=O) groups is 1. The Bertz CT molecular complexity index is 910. The smallest absolute Gasteiger partial charge is 0.228 e. The number of nitrogens with zero attached hydrogens (tertiary/aromatic N) is 3. The molecule has 0 aliphatic carbocycles. The number of rotatable bonds is 7. The number of sulfonamides is 1. The van der Waals surface area contributed by atoms with E-state index in [1.54, 1.807) is 18.0 Å². The summed E-state index contributed by atoms with van der Waals surface area (Å²) in [5.74, 6) is -0.306. The Morgan fingerprint density at radius 3 is 2.71 bits per heavy atom. The zero-order valence-corrected chi connectivity index (χ0v) is 17.8. The van der Waals surface area contributed by atoms with Gasteiger partial charge in [0, 0.05) is 43.1 Å². The average Bonchev–Trinajstić information content (AvgIpc) is 3.08. The van der Waals surface area contributed by atoms with Gasteiger partial charge < -0.3 is 9.88 Å². The van der Waals surface area contributed by atoms with Crippen molar-refractivity contribution in [3.8, 4) is 0 Å². The van der Waals surface area contributed by atoms with Crippen LogP contribution in [0.5, 0.6) is 0 Å². The highest BCUT2D eigenvalue weighted by Crippen LogP contribution is 2.27. The fourth-order valence-electron chi connectivity index (χ4n) is 3.20. The van der Waals surface area contributed by atoms with Crippen molar-refractivity contribution in [1.82, 2.24) is 13.9 Å². The number of anilines is 1. The number of amides is 1. The number of aryl methyl sites for hydroxylation is 1. The first-order chi connectivity index (χ1) is 13.4. The van der Waals surface area contributed by atoms with Gasteiger partial charge >= 0.3 is 0 Å². The van der Waals surface area contributed by atoms with Crippen LogP contribution in [-0.4, -0.2) is 47.0 Å². The lowest BCUT2D eigenvalue weighted by Gasteiger charge is -2.31. The van der Waals surface area contributed by atoms with Crippen LogP contribution in [0.25, 0.3) is 0 Å². The van der Waals surface area contributed by atoms with Crippen molar-refractivity contribution in [2.75, 3.05) is 24.2 Å². The van der Waals surface area contributed by atoms with E-state index in [1.807, 2.05) is 49.0 Å². The molecule has 2 heterocycles. The minimum Gasteiger partial charge on any atom is -0.329 e. The summed E-state index contributed by atoms with van der Waals surface area (Å²) < 4.78 is 28.0. The molecular weight excluding hydrogens is 396 g/mol. The van der Waals surface area contributed by atoms with Gasteiger partial charge in [0.15, 0.2) is 5.16 Å². The van der Waals surface area contributed by atoms with Crippen LogP contribution in [0.4, 0.5) is 5.69 Å². The Hall–Kier alpha value is -1.84. The summed E-state index contributed by atoms with van der Waals surface area (Å²) in [4.78, 5) is 17.9. The Kier molecular flexibility index (Phi) is 6.79. The lowest BCUT2D eigenvalue weighted by atomic mass is 9.99. The Morgan fingerprint density at radius 2 is 2.07 bits per heavy atom. The van der Waals surface area contributed by atoms with E-state index in [4.69, 9.17) is 0 Å². The molecule has 1 atom stereocenters. The fourth-order valence-corrected chi connectivity index (χ4v) is 5.59. The summed E-state index contributed by atoms with van der Waals surface area (Å²) in [7, 11) is -1.32. The molecule has 9 heteroatoms. The number of carbonyl (C=O) groups excluding carboxylic acids is 1. The minimum absolute atomic E-state index is 0.124. The molecule has 1 fully saturated rings. The molecular formula is C19H26N4O3S2. The molecule has 1 amide bonds. The first-order valence-electron chi connectivity index (χ1n) is 9.43. The molecule has 1 aliphatic rings. The number of hydrogen-bond donors (Lipinski definition) is 1. The molecule has 7 nitrogen and oxygen atoms in total. The molecule has 1 aliphatic heterocycles. The van der Waals surface area contributed by atoms with Gasteiger partial charge in [0.1, 0.15) is 0 Å². The van der Waals surface area contributed by atoms with Crippen LogP contribution in [0.2, 0.25) is 0 Å². The molecule has 1 aromatic heterocycles. The third-order valence-corrected chi connectivity index (χ3v) is 7.84. The number of hydrogen-bond acceptors (Lipinski definition) is 5. The topological polar surface area (TPSA) is 84.3 Å². The molecule has 1 N–H and O–H groups in total. The van der Waals surface area contributed by atoms with Gasteiger partial charge in [0.2, 0.25) is 15.9 Å². The molecule has 0 bridgehead atoms. The highest BCUT2D eigenvalue weighted by atomic mass is 32.2. The molecule has 1 unspecified atom stereocenters. The van der Waals surface area contributed by atoms with Crippen LogP contribution in [-0.2, 0) is 21.9 Å². The number of piperidine rings is 1. The monoisotopic (exact) mass is 422 g/mol. The van der Waals surface area contributed by atoms with Crippen LogP contribution in [0, 0.1) is 5.92 Å². The maximum Gasteiger partial charge on any atom is 0.228 e. The van der Waals surface area contributed by atoms with Crippen molar-refractivity contribution < 1.29 is 13.2 Å². The quantitative estimate of drug-likeness (QED) is 0.742. The van der Waals surface area contributed by atoms with E-state index in [1.165, 1.54) is 4.31 Å². The number of nitrogens with one attached hydrogen (secondary N) is 1. The van der Waals surface area contributed by atoms with Crippen molar-refractivity contribution in [2.24, 2.45) is 13.0 Å². The van der Waals surface area contributed by atoms with Gasteiger partial charge in [-0.2, -0.15) is 0 Å². The van der Waals surface area contributed by atoms with Crippen molar-refractivity contribution in [1.29, 1.82) is 0 Å². The lowest BCUT2D eigenvalue weighted by molar-refractivity contribution is -0.120. The summed E-state index contributed by atoms with van der Waals surface area (Å²) in [5, 5.41) is 3.82. The van der Waals surface area contributed by atoms with Gasteiger partial charge in [-0.25, -0.2) is 17.7 Å². The van der Waals surface area contributed by atoms with Gasteiger partial charge in [-0.1, -0.05) is 18.7 Å². The molecule has 3 rings (SSSR count). The second-order valence-electron chi connectivity index (χ2n) is 6.95. The third-order valence-electron chi connectivity index (χ3n) is 4.72. The molecule has 1 aromatic carbocycles. The number of imidazole rings is 1. The van der Waals surface area contributed by atoms with Crippen molar-refractivity contribution in [3.63, 3.8) is 0 Å². The highest BCUT2D eigenvalue weighted by Gasteiger charge is 2.31. The van der Waals surface area contributed by atoms with Gasteiger partial charge in [0.25, 0.3) is 0 Å². The third kappa shape index (κ3) is 5.15. The van der Waals surface area contributed by atoms with E-state index in [0.717, 1.165) is 10.1 Å². The van der Waals surface area contributed by atoms with Crippen LogP contribution in [0.3, 0.4) is 0 Å². The van der Waals surface area contributed by atoms with E-state index >= 15 is 0 Å². The molecule has 0 radical (unpaired) electrons. The molecule has 0 saturated carbocycles. The first-order valence-corrected chi connectivity index (χ1v) is 11.9. The van der Waals surface area contributed by atoms with Gasteiger partial charge in [-0.3, -0.25) is 4.79 Å². The first kappa shape index (κ1) is 20.9. The van der Waals surface area contributed by atoms with Crippen molar-refractivity contribution in [2.45, 2.75) is 36.2 Å². The molecule has 1 saturated heterocycles. The fraction of sp³-hybridized carbons (Fsp3) is 0.474. The maximum absolute atomic E-state index is 12.6. The summed E-state index contributed by atoms with van der Waals surface area (Å²) in [6.07, 6.45) is 5.64. The summed E-state index contributed by atoms with van der Waals surface area (Å²) in [6.45, 7) is 2.62. The largest absolute Gasteiger partial charge is 0.329 e. The number of benzene rings is 1. The maximum atomic E-state index is 12.6. The molecule has 28 heavy (non-hydrogen) atoms.